The number of benzene rings is 1. The molecule has 2 aromatic heterocycles. The zero-order valence-electron chi connectivity index (χ0n) is 11.7. The largest absolute Gasteiger partial charge is 0.419 e. The summed E-state index contributed by atoms with van der Waals surface area (Å²) in [4.78, 5) is 28.0. The molecule has 1 aromatic carbocycles. The predicted molar refractivity (Wildman–Crippen MR) is 83.9 cm³/mol. The van der Waals surface area contributed by atoms with Crippen molar-refractivity contribution in [2.45, 2.75) is 6.92 Å². The fourth-order valence-corrected chi connectivity index (χ4v) is 2.86. The van der Waals surface area contributed by atoms with Gasteiger partial charge in [-0.1, -0.05) is 23.2 Å². The highest BCUT2D eigenvalue weighted by molar-refractivity contribution is 6.33. The standard InChI is InChI=1S/C15H10Cl2N2O3/c1-7-3-8(4-10-13(7)19(2)15(21)22-10)14(20)9-5-11(16)18-12(17)6-9/h3-6H,1-2H3. The average Bonchev–Trinajstić information content (AvgIpc) is 2.72. The Bertz CT molecular complexity index is 953. The summed E-state index contributed by atoms with van der Waals surface area (Å²) < 4.78 is 6.55. The van der Waals surface area contributed by atoms with Crippen LogP contribution in [0, 0.1) is 6.92 Å². The lowest BCUT2D eigenvalue weighted by Gasteiger charge is -2.05. The molecule has 5 nitrogen and oxygen atoms in total. The molecule has 0 radical (unpaired) electrons. The van der Waals surface area contributed by atoms with Gasteiger partial charge < -0.3 is 4.42 Å². The van der Waals surface area contributed by atoms with Gasteiger partial charge >= 0.3 is 5.76 Å². The SMILES string of the molecule is Cc1cc(C(=O)c2cc(Cl)nc(Cl)c2)cc2oc(=O)n(C)c12. The quantitative estimate of drug-likeness (QED) is 0.531. The molecular formula is C15H10Cl2N2O3. The normalized spacial score (nSPS) is 11.1. The molecule has 0 spiro atoms. The van der Waals surface area contributed by atoms with Crippen molar-refractivity contribution < 1.29 is 9.21 Å². The predicted octanol–water partition coefficient (Wildman–Crippen LogP) is 3.37. The summed E-state index contributed by atoms with van der Waals surface area (Å²) in [5, 5.41) is 0.278. The van der Waals surface area contributed by atoms with Gasteiger partial charge in [0.15, 0.2) is 11.4 Å². The van der Waals surface area contributed by atoms with Gasteiger partial charge in [0.25, 0.3) is 0 Å². The van der Waals surface area contributed by atoms with Crippen LogP contribution in [0.15, 0.2) is 33.5 Å². The number of aromatic nitrogens is 2. The van der Waals surface area contributed by atoms with Gasteiger partial charge in [-0.2, -0.15) is 0 Å². The van der Waals surface area contributed by atoms with Gasteiger partial charge in [-0.25, -0.2) is 9.78 Å². The Labute approximate surface area is 135 Å². The van der Waals surface area contributed by atoms with E-state index in [1.54, 1.807) is 20.0 Å². The molecule has 0 saturated carbocycles. The molecule has 3 rings (SSSR count). The monoisotopic (exact) mass is 336 g/mol. The highest BCUT2D eigenvalue weighted by Gasteiger charge is 2.16. The van der Waals surface area contributed by atoms with Gasteiger partial charge in [-0.05, 0) is 36.8 Å². The van der Waals surface area contributed by atoms with E-state index in [-0.39, 0.29) is 16.1 Å². The minimum absolute atomic E-state index is 0.139. The number of fused-ring (bicyclic) bond motifs is 1. The summed E-state index contributed by atoms with van der Waals surface area (Å²) in [7, 11) is 1.62. The molecule has 0 aliphatic heterocycles. The molecule has 0 unspecified atom stereocenters. The lowest BCUT2D eigenvalue weighted by Crippen LogP contribution is -2.09. The highest BCUT2D eigenvalue weighted by Crippen LogP contribution is 2.23. The van der Waals surface area contributed by atoms with Crippen molar-refractivity contribution in [2.24, 2.45) is 7.05 Å². The first kappa shape index (κ1) is 14.8. The number of aryl methyl sites for hydroxylation is 2. The van der Waals surface area contributed by atoms with E-state index in [0.29, 0.717) is 22.2 Å². The number of nitrogens with zero attached hydrogens (tertiary/aromatic N) is 2. The molecule has 0 saturated heterocycles. The number of ketones is 1. The Balaban J connectivity index is 2.17. The van der Waals surface area contributed by atoms with Crippen LogP contribution in [0.3, 0.4) is 0 Å². The molecule has 0 fully saturated rings. The number of pyridine rings is 1. The van der Waals surface area contributed by atoms with Gasteiger partial charge in [-0.3, -0.25) is 9.36 Å². The van der Waals surface area contributed by atoms with E-state index < -0.39 is 5.76 Å². The van der Waals surface area contributed by atoms with E-state index in [0.717, 1.165) is 5.56 Å². The van der Waals surface area contributed by atoms with Crippen molar-refractivity contribution >= 4 is 40.1 Å². The van der Waals surface area contributed by atoms with Gasteiger partial charge in [0, 0.05) is 18.2 Å². The first-order chi connectivity index (χ1) is 10.4. The zero-order valence-corrected chi connectivity index (χ0v) is 13.2. The molecule has 0 bridgehead atoms. The molecule has 2 heterocycles. The molecule has 0 atom stereocenters. The van der Waals surface area contributed by atoms with Gasteiger partial charge in [0.05, 0.1) is 5.52 Å². The molecule has 0 aliphatic carbocycles. The second kappa shape index (κ2) is 5.26. The van der Waals surface area contributed by atoms with Crippen LogP contribution in [0.1, 0.15) is 21.5 Å². The first-order valence-corrected chi connectivity index (χ1v) is 7.10. The molecule has 0 N–H and O–H groups in total. The second-order valence-electron chi connectivity index (χ2n) is 4.90. The lowest BCUT2D eigenvalue weighted by molar-refractivity contribution is 0.103. The van der Waals surface area contributed by atoms with Crippen molar-refractivity contribution in [2.75, 3.05) is 0 Å². The molecule has 7 heteroatoms. The Hall–Kier alpha value is -2.11. The average molecular weight is 337 g/mol. The van der Waals surface area contributed by atoms with Crippen molar-refractivity contribution in [3.8, 4) is 0 Å². The van der Waals surface area contributed by atoms with E-state index in [4.69, 9.17) is 27.6 Å². The summed E-state index contributed by atoms with van der Waals surface area (Å²) >= 11 is 11.6. The number of oxazole rings is 1. The summed E-state index contributed by atoms with van der Waals surface area (Å²) in [5.41, 5.74) is 2.50. The van der Waals surface area contributed by atoms with E-state index in [1.807, 2.05) is 0 Å². The Morgan fingerprint density at radius 2 is 1.73 bits per heavy atom. The third-order valence-corrected chi connectivity index (χ3v) is 3.75. The van der Waals surface area contributed by atoms with Gasteiger partial charge in [0.2, 0.25) is 0 Å². The summed E-state index contributed by atoms with van der Waals surface area (Å²) in [6.07, 6.45) is 0. The smallest absolute Gasteiger partial charge is 0.408 e. The maximum absolute atomic E-state index is 12.6. The van der Waals surface area contributed by atoms with Crippen LogP contribution in [0.2, 0.25) is 10.3 Å². The van der Waals surface area contributed by atoms with Crippen molar-refractivity contribution in [3.63, 3.8) is 0 Å². The maximum atomic E-state index is 12.6. The third-order valence-electron chi connectivity index (χ3n) is 3.36. The molecule has 3 aromatic rings. The van der Waals surface area contributed by atoms with Crippen molar-refractivity contribution in [1.82, 2.24) is 9.55 Å². The number of carbonyl (C=O) groups is 1. The van der Waals surface area contributed by atoms with E-state index in [2.05, 4.69) is 4.98 Å². The molecule has 112 valence electrons. The molecule has 0 aliphatic rings. The van der Waals surface area contributed by atoms with E-state index in [9.17, 15) is 9.59 Å². The van der Waals surface area contributed by atoms with Crippen LogP contribution in [0.5, 0.6) is 0 Å². The summed E-state index contributed by atoms with van der Waals surface area (Å²) in [6, 6.07) is 6.11. The fraction of sp³-hybridized carbons (Fsp3) is 0.133. The molecular weight excluding hydrogens is 327 g/mol. The first-order valence-electron chi connectivity index (χ1n) is 6.35. The highest BCUT2D eigenvalue weighted by atomic mass is 35.5. The third kappa shape index (κ3) is 2.42. The minimum atomic E-state index is -0.474. The van der Waals surface area contributed by atoms with Crippen LogP contribution < -0.4 is 5.76 Å². The van der Waals surface area contributed by atoms with Crippen LogP contribution in [-0.4, -0.2) is 15.3 Å². The second-order valence-corrected chi connectivity index (χ2v) is 5.67. The van der Waals surface area contributed by atoms with Crippen LogP contribution in [0.4, 0.5) is 0 Å². The Morgan fingerprint density at radius 1 is 1.14 bits per heavy atom. The number of hydrogen-bond acceptors (Lipinski definition) is 4. The topological polar surface area (TPSA) is 65.1 Å². The number of halogens is 2. The number of hydrogen-bond donors (Lipinski definition) is 0. The zero-order chi connectivity index (χ0) is 16.0. The van der Waals surface area contributed by atoms with Crippen molar-refractivity contribution in [3.05, 3.63) is 61.8 Å². The Morgan fingerprint density at radius 3 is 2.36 bits per heavy atom. The fourth-order valence-electron chi connectivity index (χ4n) is 2.40. The number of carbonyl (C=O) groups excluding carboxylic acids is 1. The van der Waals surface area contributed by atoms with Crippen LogP contribution >= 0.6 is 23.2 Å². The van der Waals surface area contributed by atoms with Crippen molar-refractivity contribution in [1.29, 1.82) is 0 Å². The van der Waals surface area contributed by atoms with E-state index in [1.165, 1.54) is 22.8 Å². The Kier molecular flexibility index (Phi) is 3.54. The molecule has 22 heavy (non-hydrogen) atoms. The lowest BCUT2D eigenvalue weighted by atomic mass is 10.0. The van der Waals surface area contributed by atoms with Crippen LogP contribution in [-0.2, 0) is 7.05 Å². The van der Waals surface area contributed by atoms with E-state index >= 15 is 0 Å². The molecule has 0 amide bonds. The summed E-state index contributed by atoms with van der Waals surface area (Å²) in [6.45, 7) is 1.81. The number of rotatable bonds is 2. The van der Waals surface area contributed by atoms with Gasteiger partial charge in [0.1, 0.15) is 10.3 Å². The minimum Gasteiger partial charge on any atom is -0.408 e. The maximum Gasteiger partial charge on any atom is 0.419 e. The van der Waals surface area contributed by atoms with Crippen LogP contribution in [0.25, 0.3) is 11.1 Å². The summed E-state index contributed by atoms with van der Waals surface area (Å²) in [5.74, 6) is -0.750. The van der Waals surface area contributed by atoms with Gasteiger partial charge in [-0.15, -0.1) is 0 Å².